The molecular weight excluding hydrogens is 677 g/mol. The van der Waals surface area contributed by atoms with Crippen molar-refractivity contribution in [2.24, 2.45) is 0 Å². The molecular formula is C29H31F3N8O8S. The standard InChI is InChI=1S/C29H31F3N8O8S/c1-26(2,3)46-24(42)38-14-16-20(36-38)33-15-34-21(16)37-12-10-28(11-13-37)22-35-19-17(8-7-9-18(19)48-49(44,45)29(30,31)32)39(22)23(41)40(28)25(43)47-27(4,5)6/h7-9,14-15H,10-13H2,1-6H3. The molecule has 2 aliphatic heterocycles. The van der Waals surface area contributed by atoms with E-state index in [1.807, 2.05) is 4.90 Å². The van der Waals surface area contributed by atoms with Crippen LogP contribution >= 0.6 is 0 Å². The van der Waals surface area contributed by atoms with Gasteiger partial charge in [-0.3, -0.25) is 0 Å². The lowest BCUT2D eigenvalue weighted by molar-refractivity contribution is -0.0499. The molecule has 0 atom stereocenters. The fourth-order valence-corrected chi connectivity index (χ4v) is 6.24. The van der Waals surface area contributed by atoms with Gasteiger partial charge in [0.25, 0.3) is 0 Å². The lowest BCUT2D eigenvalue weighted by Crippen LogP contribution is -2.55. The zero-order valence-corrected chi connectivity index (χ0v) is 27.9. The minimum atomic E-state index is -6.07. The zero-order chi connectivity index (χ0) is 35.9. The van der Waals surface area contributed by atoms with Crippen LogP contribution in [0.3, 0.4) is 0 Å². The van der Waals surface area contributed by atoms with Crippen LogP contribution in [0, 0.1) is 0 Å². The molecule has 2 aliphatic rings. The van der Waals surface area contributed by atoms with Crippen LogP contribution in [0.5, 0.6) is 5.75 Å². The maximum absolute atomic E-state index is 14.0. The number of benzene rings is 1. The van der Waals surface area contributed by atoms with Crippen LogP contribution in [0.2, 0.25) is 0 Å². The van der Waals surface area contributed by atoms with Crippen molar-refractivity contribution in [3.8, 4) is 5.75 Å². The van der Waals surface area contributed by atoms with Gasteiger partial charge in [-0.2, -0.15) is 26.3 Å². The van der Waals surface area contributed by atoms with Crippen LogP contribution in [-0.4, -0.2) is 90.6 Å². The Morgan fingerprint density at radius 3 is 2.18 bits per heavy atom. The van der Waals surface area contributed by atoms with E-state index in [0.29, 0.717) is 11.2 Å². The molecule has 3 aromatic heterocycles. The van der Waals surface area contributed by atoms with E-state index in [1.54, 1.807) is 41.5 Å². The smallest absolute Gasteiger partial charge is 0.443 e. The van der Waals surface area contributed by atoms with Gasteiger partial charge < -0.3 is 18.6 Å². The van der Waals surface area contributed by atoms with Crippen molar-refractivity contribution >= 4 is 56.2 Å². The quantitative estimate of drug-likeness (QED) is 0.207. The molecule has 1 spiro atoms. The molecule has 1 aromatic carbocycles. The normalized spacial score (nSPS) is 16.8. The Balaban J connectivity index is 1.40. The molecule has 0 bridgehead atoms. The number of carbonyl (C=O) groups is 3. The van der Waals surface area contributed by atoms with E-state index in [-0.39, 0.29) is 48.4 Å². The molecule has 0 radical (unpaired) electrons. The maximum atomic E-state index is 14.0. The molecule has 262 valence electrons. The number of amides is 2. The first-order valence-electron chi connectivity index (χ1n) is 14.9. The van der Waals surface area contributed by atoms with Crippen molar-refractivity contribution in [2.75, 3.05) is 18.0 Å². The SMILES string of the molecule is CC(C)(C)OC(=O)N1C(=O)n2c(nc3c(OS(=O)(=O)C(F)(F)F)cccc32)C12CCN(c1ncnc3nn(C(=O)OC(C)(C)C)cc13)CC2. The Morgan fingerprint density at radius 2 is 1.57 bits per heavy atom. The number of nitrogens with zero attached hydrogens (tertiary/aromatic N) is 8. The third-order valence-corrected chi connectivity index (χ3v) is 8.67. The molecule has 5 heterocycles. The fourth-order valence-electron chi connectivity index (χ4n) is 5.77. The Bertz CT molecular complexity index is 2120. The summed E-state index contributed by atoms with van der Waals surface area (Å²) in [6, 6.07) is 2.64. The van der Waals surface area contributed by atoms with Crippen molar-refractivity contribution in [1.29, 1.82) is 0 Å². The van der Waals surface area contributed by atoms with Gasteiger partial charge in [-0.15, -0.1) is 5.10 Å². The van der Waals surface area contributed by atoms with Crippen LogP contribution in [0.15, 0.2) is 30.7 Å². The number of rotatable bonds is 3. The molecule has 0 unspecified atom stereocenters. The summed E-state index contributed by atoms with van der Waals surface area (Å²) >= 11 is 0. The van der Waals surface area contributed by atoms with Crippen molar-refractivity contribution in [3.05, 3.63) is 36.5 Å². The highest BCUT2D eigenvalue weighted by atomic mass is 32.2. The number of para-hydroxylation sites is 1. The summed E-state index contributed by atoms with van der Waals surface area (Å²) in [5.74, 6) is -0.348. The van der Waals surface area contributed by atoms with Crippen molar-refractivity contribution < 1.29 is 49.6 Å². The molecule has 49 heavy (non-hydrogen) atoms. The van der Waals surface area contributed by atoms with E-state index in [9.17, 15) is 36.0 Å². The number of alkyl halides is 3. The number of hydrogen-bond acceptors (Lipinski definition) is 13. The number of imidazole rings is 1. The Kier molecular flexibility index (Phi) is 7.61. The Hall–Kier alpha value is -5.01. The molecule has 1 fully saturated rings. The second-order valence-electron chi connectivity index (χ2n) is 13.5. The van der Waals surface area contributed by atoms with E-state index in [2.05, 4.69) is 24.2 Å². The first kappa shape index (κ1) is 33.9. The molecule has 0 saturated carbocycles. The molecule has 6 rings (SSSR count). The summed E-state index contributed by atoms with van der Waals surface area (Å²) in [4.78, 5) is 56.1. The van der Waals surface area contributed by atoms with Crippen molar-refractivity contribution in [2.45, 2.75) is 76.6 Å². The average Bonchev–Trinajstić information content (AvgIpc) is 3.63. The van der Waals surface area contributed by atoms with Gasteiger partial charge in [-0.05, 0) is 66.5 Å². The number of halogens is 3. The number of hydrogen-bond donors (Lipinski definition) is 0. The van der Waals surface area contributed by atoms with Crippen LogP contribution in [0.4, 0.5) is 33.4 Å². The third-order valence-electron chi connectivity index (χ3n) is 7.70. The maximum Gasteiger partial charge on any atom is 0.534 e. The summed E-state index contributed by atoms with van der Waals surface area (Å²) < 4.78 is 80.8. The topological polar surface area (TPSA) is 181 Å². The number of piperidine rings is 1. The summed E-state index contributed by atoms with van der Waals surface area (Å²) in [7, 11) is -6.07. The number of anilines is 1. The van der Waals surface area contributed by atoms with Crippen molar-refractivity contribution in [3.63, 3.8) is 0 Å². The van der Waals surface area contributed by atoms with E-state index >= 15 is 0 Å². The highest BCUT2D eigenvalue weighted by molar-refractivity contribution is 7.88. The molecule has 0 N–H and O–H groups in total. The van der Waals surface area contributed by atoms with Crippen LogP contribution in [0.1, 0.15) is 60.2 Å². The predicted octanol–water partition coefficient (Wildman–Crippen LogP) is 4.90. The lowest BCUT2D eigenvalue weighted by atomic mass is 9.86. The number of ether oxygens (including phenoxy) is 2. The molecule has 4 aromatic rings. The first-order chi connectivity index (χ1) is 22.6. The molecule has 16 nitrogen and oxygen atoms in total. The van der Waals surface area contributed by atoms with Crippen molar-refractivity contribution in [1.82, 2.24) is 34.2 Å². The first-order valence-corrected chi connectivity index (χ1v) is 16.3. The summed E-state index contributed by atoms with van der Waals surface area (Å²) in [5, 5.41) is 4.64. The number of fused-ring (bicyclic) bond motifs is 5. The Morgan fingerprint density at radius 1 is 0.939 bits per heavy atom. The molecule has 2 amide bonds. The van der Waals surface area contributed by atoms with Gasteiger partial charge in [0, 0.05) is 13.1 Å². The number of imide groups is 1. The van der Waals surface area contributed by atoms with Crippen LogP contribution < -0.4 is 9.08 Å². The van der Waals surface area contributed by atoms with E-state index in [0.717, 1.165) is 20.2 Å². The Labute approximate surface area is 276 Å². The number of carbonyl (C=O) groups excluding carboxylic acids is 3. The van der Waals surface area contributed by atoms with E-state index in [4.69, 9.17) is 9.47 Å². The van der Waals surface area contributed by atoms with Gasteiger partial charge in [-0.25, -0.2) is 38.8 Å². The highest BCUT2D eigenvalue weighted by Crippen LogP contribution is 2.47. The van der Waals surface area contributed by atoms with Crippen LogP contribution in [-0.2, 0) is 25.1 Å². The minimum absolute atomic E-state index is 0.0101. The summed E-state index contributed by atoms with van der Waals surface area (Å²) in [6.07, 6.45) is 1.10. The second-order valence-corrected chi connectivity index (χ2v) is 15.0. The molecule has 1 saturated heterocycles. The molecule has 20 heteroatoms. The van der Waals surface area contributed by atoms with E-state index in [1.165, 1.54) is 24.7 Å². The second kappa shape index (κ2) is 11.0. The van der Waals surface area contributed by atoms with Crippen LogP contribution in [0.25, 0.3) is 22.1 Å². The van der Waals surface area contributed by atoms with Gasteiger partial charge in [0.2, 0.25) is 0 Å². The molecule has 0 aliphatic carbocycles. The average molecular weight is 709 g/mol. The van der Waals surface area contributed by atoms with Gasteiger partial charge in [0.1, 0.15) is 40.2 Å². The largest absolute Gasteiger partial charge is 0.534 e. The highest BCUT2D eigenvalue weighted by Gasteiger charge is 2.58. The third kappa shape index (κ3) is 5.86. The number of aromatic nitrogens is 6. The zero-order valence-electron chi connectivity index (χ0n) is 27.1. The summed E-state index contributed by atoms with van der Waals surface area (Å²) in [5.41, 5.74) is -9.15. The predicted molar refractivity (Wildman–Crippen MR) is 164 cm³/mol. The lowest BCUT2D eigenvalue weighted by Gasteiger charge is -2.42. The monoisotopic (exact) mass is 708 g/mol. The van der Waals surface area contributed by atoms with Gasteiger partial charge in [-0.1, -0.05) is 6.07 Å². The minimum Gasteiger partial charge on any atom is -0.443 e. The van der Waals surface area contributed by atoms with Gasteiger partial charge in [0.05, 0.1) is 17.1 Å². The van der Waals surface area contributed by atoms with Gasteiger partial charge in [0.15, 0.2) is 11.4 Å². The fraction of sp³-hybridized carbons (Fsp3) is 0.483. The van der Waals surface area contributed by atoms with Gasteiger partial charge >= 0.3 is 33.8 Å². The van der Waals surface area contributed by atoms with E-state index < -0.39 is 56.3 Å². The summed E-state index contributed by atoms with van der Waals surface area (Å²) in [6.45, 7) is 10.3.